The van der Waals surface area contributed by atoms with Gasteiger partial charge in [-0.05, 0) is 36.2 Å². The molecule has 8 heteroatoms. The lowest BCUT2D eigenvalue weighted by Gasteiger charge is -2.29. The largest absolute Gasteiger partial charge is 0.507 e. The minimum Gasteiger partial charge on any atom is -0.507 e. The quantitative estimate of drug-likeness (QED) is 0.370. The van der Waals surface area contributed by atoms with Gasteiger partial charge >= 0.3 is 0 Å². The summed E-state index contributed by atoms with van der Waals surface area (Å²) in [5.41, 5.74) is 1.04. The summed E-state index contributed by atoms with van der Waals surface area (Å²) in [4.78, 5) is 29.7. The molecule has 2 heterocycles. The molecule has 0 bridgehead atoms. The van der Waals surface area contributed by atoms with E-state index in [1.54, 1.807) is 36.4 Å². The molecule has 0 aliphatic carbocycles. The van der Waals surface area contributed by atoms with Crippen LogP contribution in [0, 0.1) is 5.82 Å². The number of morpholine rings is 1. The summed E-state index contributed by atoms with van der Waals surface area (Å²) in [6, 6.07) is 11.8. The third-order valence-electron chi connectivity index (χ3n) is 5.82. The second kappa shape index (κ2) is 9.94. The van der Waals surface area contributed by atoms with Gasteiger partial charge in [0.2, 0.25) is 0 Å². The summed E-state index contributed by atoms with van der Waals surface area (Å²) >= 11 is 3.35. The van der Waals surface area contributed by atoms with Gasteiger partial charge in [-0.1, -0.05) is 40.2 Å². The van der Waals surface area contributed by atoms with E-state index in [1.165, 1.54) is 17.0 Å². The zero-order valence-electron chi connectivity index (χ0n) is 17.5. The number of ketones is 1. The van der Waals surface area contributed by atoms with Crippen LogP contribution in [0.3, 0.4) is 0 Å². The number of benzene rings is 2. The second-order valence-electron chi connectivity index (χ2n) is 7.86. The number of nitrogens with zero attached hydrogens (tertiary/aromatic N) is 2. The summed E-state index contributed by atoms with van der Waals surface area (Å²) in [5.74, 6) is -2.03. The van der Waals surface area contributed by atoms with E-state index < -0.39 is 23.5 Å². The van der Waals surface area contributed by atoms with Crippen molar-refractivity contribution in [2.45, 2.75) is 12.5 Å². The van der Waals surface area contributed by atoms with Crippen molar-refractivity contribution >= 4 is 33.4 Å². The maximum atomic E-state index is 13.6. The number of aliphatic hydroxyl groups excluding tert-OH is 1. The lowest BCUT2D eigenvalue weighted by Crippen LogP contribution is -2.38. The van der Waals surface area contributed by atoms with Crippen LogP contribution in [0.25, 0.3) is 5.76 Å². The Balaban J connectivity index is 1.66. The third kappa shape index (κ3) is 4.77. The molecule has 2 saturated heterocycles. The van der Waals surface area contributed by atoms with Gasteiger partial charge in [-0.3, -0.25) is 14.5 Å². The van der Waals surface area contributed by atoms with Gasteiger partial charge in [-0.15, -0.1) is 0 Å². The van der Waals surface area contributed by atoms with E-state index in [9.17, 15) is 19.1 Å². The molecule has 2 aromatic carbocycles. The average molecular weight is 503 g/mol. The Morgan fingerprint density at radius 1 is 1.03 bits per heavy atom. The number of rotatable bonds is 6. The van der Waals surface area contributed by atoms with Gasteiger partial charge in [-0.2, -0.15) is 0 Å². The van der Waals surface area contributed by atoms with Crippen LogP contribution in [0.1, 0.15) is 23.6 Å². The first-order valence-corrected chi connectivity index (χ1v) is 11.3. The van der Waals surface area contributed by atoms with Gasteiger partial charge in [0, 0.05) is 36.2 Å². The minimum absolute atomic E-state index is 0.0234. The maximum absolute atomic E-state index is 13.6. The monoisotopic (exact) mass is 502 g/mol. The first-order valence-electron chi connectivity index (χ1n) is 10.6. The van der Waals surface area contributed by atoms with Crippen LogP contribution in [0.4, 0.5) is 4.39 Å². The minimum atomic E-state index is -0.774. The van der Waals surface area contributed by atoms with Crippen molar-refractivity contribution in [3.63, 3.8) is 0 Å². The molecule has 2 fully saturated rings. The first-order chi connectivity index (χ1) is 15.5. The lowest BCUT2D eigenvalue weighted by atomic mass is 9.95. The summed E-state index contributed by atoms with van der Waals surface area (Å²) in [6.07, 6.45) is 0.670. The van der Waals surface area contributed by atoms with Gasteiger partial charge in [0.1, 0.15) is 11.6 Å². The number of carbonyl (C=O) groups excluding carboxylic acids is 2. The lowest BCUT2D eigenvalue weighted by molar-refractivity contribution is -0.140. The Bertz CT molecular complexity index is 1020. The zero-order valence-corrected chi connectivity index (χ0v) is 19.1. The fraction of sp³-hybridized carbons (Fsp3) is 0.333. The molecule has 0 spiro atoms. The predicted molar refractivity (Wildman–Crippen MR) is 121 cm³/mol. The number of amides is 1. The highest BCUT2D eigenvalue weighted by Crippen LogP contribution is 2.39. The van der Waals surface area contributed by atoms with Crippen LogP contribution in [0.15, 0.2) is 58.6 Å². The van der Waals surface area contributed by atoms with E-state index in [0.717, 1.165) is 24.1 Å². The van der Waals surface area contributed by atoms with Crippen LogP contribution >= 0.6 is 15.9 Å². The molecule has 2 aliphatic rings. The van der Waals surface area contributed by atoms with Crippen molar-refractivity contribution in [3.05, 3.63) is 75.5 Å². The number of aliphatic hydroxyl groups is 1. The Labute approximate surface area is 194 Å². The van der Waals surface area contributed by atoms with Crippen LogP contribution < -0.4 is 0 Å². The first kappa shape index (κ1) is 22.6. The molecule has 1 atom stereocenters. The van der Waals surface area contributed by atoms with E-state index in [4.69, 9.17) is 4.74 Å². The number of halogens is 2. The molecular weight excluding hydrogens is 479 g/mol. The Morgan fingerprint density at radius 2 is 1.69 bits per heavy atom. The molecule has 32 heavy (non-hydrogen) atoms. The van der Waals surface area contributed by atoms with Crippen molar-refractivity contribution in [3.8, 4) is 0 Å². The Kier molecular flexibility index (Phi) is 7.03. The van der Waals surface area contributed by atoms with Gasteiger partial charge in [-0.25, -0.2) is 4.39 Å². The van der Waals surface area contributed by atoms with Crippen LogP contribution in [-0.4, -0.2) is 66.0 Å². The van der Waals surface area contributed by atoms with E-state index in [0.29, 0.717) is 37.3 Å². The predicted octanol–water partition coefficient (Wildman–Crippen LogP) is 3.73. The summed E-state index contributed by atoms with van der Waals surface area (Å²) < 4.78 is 19.8. The highest BCUT2D eigenvalue weighted by molar-refractivity contribution is 9.10. The molecule has 1 amide bonds. The maximum Gasteiger partial charge on any atom is 0.295 e. The molecule has 0 aromatic heterocycles. The van der Waals surface area contributed by atoms with Gasteiger partial charge < -0.3 is 14.7 Å². The van der Waals surface area contributed by atoms with Gasteiger partial charge in [0.15, 0.2) is 0 Å². The van der Waals surface area contributed by atoms with Crippen molar-refractivity contribution in [1.29, 1.82) is 0 Å². The zero-order chi connectivity index (χ0) is 22.7. The SMILES string of the molecule is O=C1C(=O)N(CCCN2CCOCC2)C(c2ccc(F)cc2)/C1=C(/O)c1ccc(Br)cc1. The molecular formula is C24H24BrFN2O4. The summed E-state index contributed by atoms with van der Waals surface area (Å²) in [7, 11) is 0. The molecule has 2 aliphatic heterocycles. The van der Waals surface area contributed by atoms with Gasteiger partial charge in [0.25, 0.3) is 11.7 Å². The molecule has 4 rings (SSSR count). The third-order valence-corrected chi connectivity index (χ3v) is 6.35. The van der Waals surface area contributed by atoms with Crippen molar-refractivity contribution in [2.75, 3.05) is 39.4 Å². The van der Waals surface area contributed by atoms with Crippen LogP contribution in [0.2, 0.25) is 0 Å². The standard InChI is InChI=1S/C24H24BrFN2O4/c25-18-6-2-17(3-7-18)22(29)20-21(16-4-8-19(26)9-5-16)28(24(31)23(20)30)11-1-10-27-12-14-32-15-13-27/h2-9,21,29H,1,10-15H2/b22-20-. The number of Topliss-reactive ketones (excluding diaryl/α,β-unsaturated/α-hetero) is 1. The average Bonchev–Trinajstić information content (AvgIpc) is 3.05. The van der Waals surface area contributed by atoms with E-state index in [1.807, 2.05) is 0 Å². The summed E-state index contributed by atoms with van der Waals surface area (Å²) in [6.45, 7) is 4.17. The van der Waals surface area contributed by atoms with E-state index >= 15 is 0 Å². The molecule has 168 valence electrons. The van der Waals surface area contributed by atoms with Crippen molar-refractivity contribution in [2.24, 2.45) is 0 Å². The normalized spacial score (nSPS) is 21.3. The van der Waals surface area contributed by atoms with E-state index in [-0.39, 0.29) is 11.3 Å². The molecule has 6 nitrogen and oxygen atoms in total. The number of likely N-dealkylation sites (tertiary alicyclic amines) is 1. The smallest absolute Gasteiger partial charge is 0.295 e. The number of carbonyl (C=O) groups is 2. The van der Waals surface area contributed by atoms with E-state index in [2.05, 4.69) is 20.8 Å². The highest BCUT2D eigenvalue weighted by Gasteiger charge is 2.45. The molecule has 0 saturated carbocycles. The van der Waals surface area contributed by atoms with Crippen LogP contribution in [0.5, 0.6) is 0 Å². The highest BCUT2D eigenvalue weighted by atomic mass is 79.9. The van der Waals surface area contributed by atoms with Gasteiger partial charge in [0.05, 0.1) is 24.8 Å². The number of ether oxygens (including phenoxy) is 1. The molecule has 1 unspecified atom stereocenters. The molecule has 1 N–H and O–H groups in total. The van der Waals surface area contributed by atoms with Crippen molar-refractivity contribution in [1.82, 2.24) is 9.80 Å². The topological polar surface area (TPSA) is 70.1 Å². The number of hydrogen-bond acceptors (Lipinski definition) is 5. The molecule has 2 aromatic rings. The Hall–Kier alpha value is -2.55. The Morgan fingerprint density at radius 3 is 2.34 bits per heavy atom. The summed E-state index contributed by atoms with van der Waals surface area (Å²) in [5, 5.41) is 11.0. The van der Waals surface area contributed by atoms with Crippen LogP contribution in [-0.2, 0) is 14.3 Å². The molecule has 0 radical (unpaired) electrons. The fourth-order valence-corrected chi connectivity index (χ4v) is 4.42. The van der Waals surface area contributed by atoms with Crippen molar-refractivity contribution < 1.29 is 23.8 Å². The number of hydrogen-bond donors (Lipinski definition) is 1. The second-order valence-corrected chi connectivity index (χ2v) is 8.77. The fourth-order valence-electron chi connectivity index (χ4n) is 4.15.